The van der Waals surface area contributed by atoms with Gasteiger partial charge in [-0.1, -0.05) is 57.3 Å². The molecule has 0 unspecified atom stereocenters. The number of hydrogen-bond acceptors (Lipinski definition) is 1. The zero-order chi connectivity index (χ0) is 10.8. The highest BCUT2D eigenvalue weighted by molar-refractivity contribution is 6.08. The van der Waals surface area contributed by atoms with Crippen LogP contribution in [0.5, 0.6) is 0 Å². The summed E-state index contributed by atoms with van der Waals surface area (Å²) in [5.74, 6) is 0. The van der Waals surface area contributed by atoms with Crippen molar-refractivity contribution in [1.29, 1.82) is 0 Å². The Hall–Kier alpha value is -1.63. The van der Waals surface area contributed by atoms with Crippen LogP contribution in [0.2, 0.25) is 0 Å². The SMILES string of the molecule is C=CN=C(C=C)c1ccccc1.CC. The molecule has 1 nitrogen and oxygen atoms in total. The molecular weight excluding hydrogens is 170 g/mol. The smallest absolute Gasteiger partial charge is 0.0695 e. The maximum atomic E-state index is 4.08. The summed E-state index contributed by atoms with van der Waals surface area (Å²) in [6, 6.07) is 9.89. The summed E-state index contributed by atoms with van der Waals surface area (Å²) in [6.45, 7) is 11.2. The van der Waals surface area contributed by atoms with Gasteiger partial charge in [-0.2, -0.15) is 0 Å². The van der Waals surface area contributed by atoms with Gasteiger partial charge in [0.1, 0.15) is 0 Å². The van der Waals surface area contributed by atoms with E-state index >= 15 is 0 Å². The minimum absolute atomic E-state index is 0.852. The molecule has 1 aromatic carbocycles. The van der Waals surface area contributed by atoms with Gasteiger partial charge >= 0.3 is 0 Å². The van der Waals surface area contributed by atoms with Crippen LogP contribution in [0, 0.1) is 0 Å². The number of nitrogens with zero attached hydrogens (tertiary/aromatic N) is 1. The molecule has 0 aromatic heterocycles. The highest BCUT2D eigenvalue weighted by Gasteiger charge is 1.94. The van der Waals surface area contributed by atoms with Gasteiger partial charge in [-0.05, 0) is 6.08 Å². The van der Waals surface area contributed by atoms with Crippen LogP contribution in [0.25, 0.3) is 0 Å². The summed E-state index contributed by atoms with van der Waals surface area (Å²) in [4.78, 5) is 4.08. The topological polar surface area (TPSA) is 12.4 Å². The first kappa shape index (κ1) is 12.4. The largest absolute Gasteiger partial charge is 0.257 e. The van der Waals surface area contributed by atoms with Crippen molar-refractivity contribution >= 4 is 5.71 Å². The first-order chi connectivity index (χ1) is 6.88. The van der Waals surface area contributed by atoms with Crippen molar-refractivity contribution in [2.45, 2.75) is 13.8 Å². The lowest BCUT2D eigenvalue weighted by Gasteiger charge is -1.97. The summed E-state index contributed by atoms with van der Waals surface area (Å²) in [6.07, 6.45) is 3.24. The molecule has 1 heteroatoms. The van der Waals surface area contributed by atoms with Crippen LogP contribution in [0.1, 0.15) is 19.4 Å². The molecule has 0 spiro atoms. The number of aliphatic imine (C=N–C) groups is 1. The van der Waals surface area contributed by atoms with Crippen LogP contribution >= 0.6 is 0 Å². The van der Waals surface area contributed by atoms with E-state index in [1.165, 1.54) is 6.20 Å². The van der Waals surface area contributed by atoms with Gasteiger partial charge in [0.05, 0.1) is 5.71 Å². The van der Waals surface area contributed by atoms with Crippen LogP contribution in [0.4, 0.5) is 0 Å². The lowest BCUT2D eigenvalue weighted by Crippen LogP contribution is -1.93. The van der Waals surface area contributed by atoms with Crippen molar-refractivity contribution in [2.24, 2.45) is 4.99 Å². The fourth-order valence-electron chi connectivity index (χ4n) is 0.952. The minimum Gasteiger partial charge on any atom is -0.257 e. The number of hydrogen-bond donors (Lipinski definition) is 0. The number of allylic oxidation sites excluding steroid dienone is 1. The average molecular weight is 187 g/mol. The van der Waals surface area contributed by atoms with Crippen LogP contribution in [0.15, 0.2) is 60.8 Å². The molecule has 0 amide bonds. The number of rotatable bonds is 3. The van der Waals surface area contributed by atoms with Crippen molar-refractivity contribution in [3.8, 4) is 0 Å². The maximum Gasteiger partial charge on any atom is 0.0695 e. The van der Waals surface area contributed by atoms with E-state index in [1.807, 2.05) is 44.2 Å². The van der Waals surface area contributed by atoms with Crippen LogP contribution in [-0.2, 0) is 0 Å². The van der Waals surface area contributed by atoms with E-state index in [-0.39, 0.29) is 0 Å². The minimum atomic E-state index is 0.852. The van der Waals surface area contributed by atoms with Gasteiger partial charge in [0, 0.05) is 11.8 Å². The molecule has 14 heavy (non-hydrogen) atoms. The van der Waals surface area contributed by atoms with E-state index in [1.54, 1.807) is 6.08 Å². The monoisotopic (exact) mass is 187 g/mol. The Morgan fingerprint density at radius 3 is 2.14 bits per heavy atom. The fourth-order valence-corrected chi connectivity index (χ4v) is 0.952. The van der Waals surface area contributed by atoms with Gasteiger partial charge in [0.2, 0.25) is 0 Å². The Labute approximate surface area is 86.5 Å². The molecule has 0 aliphatic rings. The lowest BCUT2D eigenvalue weighted by atomic mass is 10.1. The van der Waals surface area contributed by atoms with Crippen molar-refractivity contribution in [3.63, 3.8) is 0 Å². The van der Waals surface area contributed by atoms with Gasteiger partial charge in [-0.3, -0.25) is 4.99 Å². The molecule has 0 N–H and O–H groups in total. The Bertz CT molecular complexity index is 296. The first-order valence-corrected chi connectivity index (χ1v) is 4.75. The van der Waals surface area contributed by atoms with Crippen LogP contribution in [0.3, 0.4) is 0 Å². The molecular formula is C13H17N. The summed E-state index contributed by atoms with van der Waals surface area (Å²) < 4.78 is 0. The van der Waals surface area contributed by atoms with Crippen molar-refractivity contribution < 1.29 is 0 Å². The van der Waals surface area contributed by atoms with E-state index < -0.39 is 0 Å². The summed E-state index contributed by atoms with van der Waals surface area (Å²) in [7, 11) is 0. The molecule has 1 rings (SSSR count). The molecule has 0 saturated carbocycles. The number of benzene rings is 1. The van der Waals surface area contributed by atoms with Gasteiger partial charge in [-0.25, -0.2) is 0 Å². The molecule has 1 aromatic rings. The summed E-state index contributed by atoms with van der Waals surface area (Å²) in [5, 5.41) is 0. The third-order valence-electron chi connectivity index (χ3n) is 1.49. The molecule has 0 aliphatic carbocycles. The second-order valence-electron chi connectivity index (χ2n) is 2.27. The molecule has 0 aliphatic heterocycles. The van der Waals surface area contributed by atoms with Gasteiger partial charge in [0.15, 0.2) is 0 Å². The standard InChI is InChI=1S/C11H11N.C2H6/c1-3-11(12-4-2)10-8-6-5-7-9-10;1-2/h3-9H,1-2H2;1-2H3. The second-order valence-corrected chi connectivity index (χ2v) is 2.27. The predicted octanol–water partition coefficient (Wildman–Crippen LogP) is 3.83. The third-order valence-corrected chi connectivity index (χ3v) is 1.49. The normalized spacial score (nSPS) is 9.71. The molecule has 74 valence electrons. The second kappa shape index (κ2) is 7.99. The Morgan fingerprint density at radius 2 is 1.71 bits per heavy atom. The van der Waals surface area contributed by atoms with E-state index in [0.29, 0.717) is 0 Å². The summed E-state index contributed by atoms with van der Waals surface area (Å²) >= 11 is 0. The third kappa shape index (κ3) is 3.85. The molecule has 0 heterocycles. The fraction of sp³-hybridized carbons (Fsp3) is 0.154. The Kier molecular flexibility index (Phi) is 7.06. The van der Waals surface area contributed by atoms with Gasteiger partial charge in [0.25, 0.3) is 0 Å². The van der Waals surface area contributed by atoms with Crippen molar-refractivity contribution in [1.82, 2.24) is 0 Å². The molecule has 0 fully saturated rings. The average Bonchev–Trinajstić information content (AvgIpc) is 2.30. The van der Waals surface area contributed by atoms with E-state index in [4.69, 9.17) is 0 Å². The first-order valence-electron chi connectivity index (χ1n) is 4.75. The Morgan fingerprint density at radius 1 is 1.14 bits per heavy atom. The van der Waals surface area contributed by atoms with E-state index in [0.717, 1.165) is 11.3 Å². The van der Waals surface area contributed by atoms with Crippen molar-refractivity contribution in [3.05, 3.63) is 61.3 Å². The molecule has 0 bridgehead atoms. The van der Waals surface area contributed by atoms with Gasteiger partial charge in [-0.15, -0.1) is 0 Å². The van der Waals surface area contributed by atoms with Crippen LogP contribution < -0.4 is 0 Å². The van der Waals surface area contributed by atoms with E-state index in [9.17, 15) is 0 Å². The zero-order valence-corrected chi connectivity index (χ0v) is 8.90. The highest BCUT2D eigenvalue weighted by Crippen LogP contribution is 2.01. The van der Waals surface area contributed by atoms with Gasteiger partial charge < -0.3 is 0 Å². The maximum absolute atomic E-state index is 4.08. The summed E-state index contributed by atoms with van der Waals surface area (Å²) in [5.41, 5.74) is 1.91. The van der Waals surface area contributed by atoms with E-state index in [2.05, 4.69) is 18.2 Å². The van der Waals surface area contributed by atoms with Crippen molar-refractivity contribution in [2.75, 3.05) is 0 Å². The highest BCUT2D eigenvalue weighted by atomic mass is 14.7. The van der Waals surface area contributed by atoms with Crippen LogP contribution in [-0.4, -0.2) is 5.71 Å². The quantitative estimate of drug-likeness (QED) is 0.638. The molecule has 0 atom stereocenters. The predicted molar refractivity (Wildman–Crippen MR) is 64.7 cm³/mol. The molecule has 0 saturated heterocycles. The Balaban J connectivity index is 0.000000791. The lowest BCUT2D eigenvalue weighted by molar-refractivity contribution is 1.50. The zero-order valence-electron chi connectivity index (χ0n) is 8.90. The molecule has 0 radical (unpaired) electrons.